The highest BCUT2D eigenvalue weighted by atomic mass is 32.2. The fourth-order valence-corrected chi connectivity index (χ4v) is 3.56. The minimum Gasteiger partial charge on any atom is -0.391 e. The van der Waals surface area contributed by atoms with Gasteiger partial charge in [0.2, 0.25) is 10.0 Å². The molecule has 0 amide bonds. The van der Waals surface area contributed by atoms with E-state index in [0.29, 0.717) is 6.42 Å². The summed E-state index contributed by atoms with van der Waals surface area (Å²) in [6, 6.07) is 7.60. The molecule has 0 aromatic heterocycles. The lowest BCUT2D eigenvalue weighted by Gasteiger charge is -2.18. The van der Waals surface area contributed by atoms with Crippen LogP contribution in [-0.4, -0.2) is 37.9 Å². The van der Waals surface area contributed by atoms with E-state index >= 15 is 0 Å². The zero-order chi connectivity index (χ0) is 12.0. The standard InChI is InChI=1S/C11H13NO4S/c13-8-6-9-11(16-9)10(8)12-17(14,15)7-4-2-1-3-5-7/h1-5,8-13H,6H2/t8-,9+,10-,11+/m0/s1. The van der Waals surface area contributed by atoms with Gasteiger partial charge in [-0.15, -0.1) is 0 Å². The number of hydrogen-bond donors (Lipinski definition) is 2. The van der Waals surface area contributed by atoms with Crippen molar-refractivity contribution in [3.63, 3.8) is 0 Å². The lowest BCUT2D eigenvalue weighted by atomic mass is 10.2. The zero-order valence-corrected chi connectivity index (χ0v) is 9.80. The van der Waals surface area contributed by atoms with Crippen LogP contribution in [0, 0.1) is 0 Å². The number of aliphatic hydroxyl groups excluding tert-OH is 1. The largest absolute Gasteiger partial charge is 0.391 e. The second-order valence-electron chi connectivity index (χ2n) is 4.40. The van der Waals surface area contributed by atoms with E-state index in [4.69, 9.17) is 4.74 Å². The van der Waals surface area contributed by atoms with Gasteiger partial charge in [-0.05, 0) is 12.1 Å². The summed E-state index contributed by atoms with van der Waals surface area (Å²) in [6.45, 7) is 0. The Kier molecular flexibility index (Phi) is 2.48. The van der Waals surface area contributed by atoms with Crippen LogP contribution >= 0.6 is 0 Å². The predicted molar refractivity (Wildman–Crippen MR) is 59.8 cm³/mol. The maximum Gasteiger partial charge on any atom is 0.240 e. The van der Waals surface area contributed by atoms with Crippen molar-refractivity contribution >= 4 is 10.0 Å². The summed E-state index contributed by atoms with van der Waals surface area (Å²) >= 11 is 0. The van der Waals surface area contributed by atoms with Crippen molar-refractivity contribution in [3.8, 4) is 0 Å². The van der Waals surface area contributed by atoms with Gasteiger partial charge in [0.25, 0.3) is 0 Å². The van der Waals surface area contributed by atoms with E-state index in [1.165, 1.54) is 12.1 Å². The van der Waals surface area contributed by atoms with Crippen LogP contribution in [0.2, 0.25) is 0 Å². The highest BCUT2D eigenvalue weighted by Crippen LogP contribution is 2.39. The van der Waals surface area contributed by atoms with Crippen LogP contribution in [0.1, 0.15) is 6.42 Å². The summed E-state index contributed by atoms with van der Waals surface area (Å²) in [4.78, 5) is 0.205. The Hall–Kier alpha value is -0.950. The molecule has 0 unspecified atom stereocenters. The van der Waals surface area contributed by atoms with Gasteiger partial charge < -0.3 is 9.84 Å². The molecule has 2 aliphatic rings. The number of aliphatic hydroxyl groups is 1. The SMILES string of the molecule is O=S(=O)(N[C@@H]1[C@@H]2O[C@@H]2C[C@@H]1O)c1ccccc1. The molecule has 1 saturated carbocycles. The third kappa shape index (κ3) is 1.97. The molecule has 1 aromatic carbocycles. The second kappa shape index (κ2) is 3.78. The summed E-state index contributed by atoms with van der Waals surface area (Å²) in [5.74, 6) is 0. The molecule has 6 heteroatoms. The quantitative estimate of drug-likeness (QED) is 0.737. The van der Waals surface area contributed by atoms with Gasteiger partial charge in [0.1, 0.15) is 6.10 Å². The van der Waals surface area contributed by atoms with E-state index in [-0.39, 0.29) is 17.1 Å². The molecule has 5 nitrogen and oxygen atoms in total. The van der Waals surface area contributed by atoms with E-state index in [1.54, 1.807) is 18.2 Å². The third-order valence-corrected chi connectivity index (χ3v) is 4.68. The van der Waals surface area contributed by atoms with Crippen molar-refractivity contribution in [2.45, 2.75) is 35.7 Å². The Labute approximate surface area is 99.5 Å². The van der Waals surface area contributed by atoms with E-state index in [9.17, 15) is 13.5 Å². The van der Waals surface area contributed by atoms with E-state index in [1.807, 2.05) is 0 Å². The molecule has 2 N–H and O–H groups in total. The summed E-state index contributed by atoms with van der Waals surface area (Å²) in [5.41, 5.74) is 0. The van der Waals surface area contributed by atoms with E-state index < -0.39 is 22.2 Å². The number of sulfonamides is 1. The maximum atomic E-state index is 12.0. The number of nitrogens with one attached hydrogen (secondary N) is 1. The third-order valence-electron chi connectivity index (χ3n) is 3.21. The number of hydrogen-bond acceptors (Lipinski definition) is 4. The monoisotopic (exact) mass is 255 g/mol. The summed E-state index contributed by atoms with van der Waals surface area (Å²) < 4.78 is 31.8. The molecule has 0 spiro atoms. The Morgan fingerprint density at radius 2 is 2.00 bits per heavy atom. The first kappa shape index (κ1) is 11.2. The number of ether oxygens (including phenoxy) is 1. The topological polar surface area (TPSA) is 78.9 Å². The Morgan fingerprint density at radius 1 is 1.29 bits per heavy atom. The molecule has 0 radical (unpaired) electrons. The van der Waals surface area contributed by atoms with Crippen LogP contribution < -0.4 is 4.72 Å². The van der Waals surface area contributed by atoms with Crippen molar-refractivity contribution in [3.05, 3.63) is 30.3 Å². The molecule has 2 fully saturated rings. The number of rotatable bonds is 3. The van der Waals surface area contributed by atoms with Crippen molar-refractivity contribution < 1.29 is 18.3 Å². The van der Waals surface area contributed by atoms with Gasteiger partial charge in [0, 0.05) is 6.42 Å². The molecule has 92 valence electrons. The lowest BCUT2D eigenvalue weighted by Crippen LogP contribution is -2.44. The van der Waals surface area contributed by atoms with Gasteiger partial charge in [-0.25, -0.2) is 13.1 Å². The molecule has 1 aliphatic carbocycles. The number of epoxide rings is 1. The van der Waals surface area contributed by atoms with Crippen molar-refractivity contribution in [1.82, 2.24) is 4.72 Å². The Bertz CT molecular complexity index is 514. The van der Waals surface area contributed by atoms with Gasteiger partial charge in [-0.3, -0.25) is 0 Å². The van der Waals surface area contributed by atoms with Crippen LogP contribution in [0.25, 0.3) is 0 Å². The molecule has 4 atom stereocenters. The average molecular weight is 255 g/mol. The van der Waals surface area contributed by atoms with E-state index in [2.05, 4.69) is 4.72 Å². The Balaban J connectivity index is 1.81. The zero-order valence-electron chi connectivity index (χ0n) is 8.98. The first-order chi connectivity index (χ1) is 8.08. The fraction of sp³-hybridized carbons (Fsp3) is 0.455. The van der Waals surface area contributed by atoms with Crippen molar-refractivity contribution in [1.29, 1.82) is 0 Å². The molecular weight excluding hydrogens is 242 g/mol. The molecule has 17 heavy (non-hydrogen) atoms. The Morgan fingerprint density at radius 3 is 2.59 bits per heavy atom. The molecule has 1 saturated heterocycles. The first-order valence-corrected chi connectivity index (χ1v) is 6.97. The molecule has 1 aromatic rings. The smallest absolute Gasteiger partial charge is 0.240 e. The van der Waals surface area contributed by atoms with Crippen LogP contribution in [-0.2, 0) is 14.8 Å². The minimum absolute atomic E-state index is 0.0217. The summed E-state index contributed by atoms with van der Waals surface area (Å²) in [5, 5.41) is 9.69. The predicted octanol–water partition coefficient (Wildman–Crippen LogP) is -0.135. The van der Waals surface area contributed by atoms with Crippen molar-refractivity contribution in [2.75, 3.05) is 0 Å². The molecule has 1 aliphatic heterocycles. The first-order valence-electron chi connectivity index (χ1n) is 5.49. The lowest BCUT2D eigenvalue weighted by molar-refractivity contribution is 0.103. The second-order valence-corrected chi connectivity index (χ2v) is 6.12. The van der Waals surface area contributed by atoms with E-state index in [0.717, 1.165) is 0 Å². The molecule has 3 rings (SSSR count). The molecule has 0 bridgehead atoms. The highest BCUT2D eigenvalue weighted by molar-refractivity contribution is 7.89. The van der Waals surface area contributed by atoms with Crippen LogP contribution in [0.3, 0.4) is 0 Å². The van der Waals surface area contributed by atoms with Gasteiger partial charge in [-0.1, -0.05) is 18.2 Å². The normalized spacial score (nSPS) is 35.6. The van der Waals surface area contributed by atoms with Crippen molar-refractivity contribution in [2.24, 2.45) is 0 Å². The van der Waals surface area contributed by atoms with Gasteiger partial charge in [-0.2, -0.15) is 0 Å². The van der Waals surface area contributed by atoms with Gasteiger partial charge in [0.05, 0.1) is 23.1 Å². The summed E-state index contributed by atoms with van der Waals surface area (Å²) in [6.07, 6.45) is -0.290. The maximum absolute atomic E-state index is 12.0. The molecular formula is C11H13NO4S. The average Bonchev–Trinajstić information content (AvgIpc) is 3.00. The van der Waals surface area contributed by atoms with Crippen LogP contribution in [0.15, 0.2) is 35.2 Å². The number of fused-ring (bicyclic) bond motifs is 1. The van der Waals surface area contributed by atoms with Crippen LogP contribution in [0.4, 0.5) is 0 Å². The van der Waals surface area contributed by atoms with Gasteiger partial charge >= 0.3 is 0 Å². The minimum atomic E-state index is -3.57. The molecule has 1 heterocycles. The highest BCUT2D eigenvalue weighted by Gasteiger charge is 2.56. The number of benzene rings is 1. The van der Waals surface area contributed by atoms with Crippen LogP contribution in [0.5, 0.6) is 0 Å². The summed E-state index contributed by atoms with van der Waals surface area (Å²) in [7, 11) is -3.57. The fourth-order valence-electron chi connectivity index (χ4n) is 2.26. The van der Waals surface area contributed by atoms with Gasteiger partial charge in [0.15, 0.2) is 0 Å².